The third-order valence-corrected chi connectivity index (χ3v) is 5.48. The van der Waals surface area contributed by atoms with Crippen LogP contribution in [0.25, 0.3) is 27.6 Å². The maximum absolute atomic E-state index is 12.5. The summed E-state index contributed by atoms with van der Waals surface area (Å²) < 4.78 is 5.03. The molecule has 0 bridgehead atoms. The zero-order chi connectivity index (χ0) is 19.1. The molecule has 3 aromatic carbocycles. The molecule has 1 fully saturated rings. The molecule has 1 amide bonds. The number of hydrogen-bond donors (Lipinski definition) is 1. The fraction of sp³-hybridized carbons (Fsp3) is 0.0455. The predicted molar refractivity (Wildman–Crippen MR) is 113 cm³/mol. The maximum Gasteiger partial charge on any atom is 0.264 e. The molecule has 2 heterocycles. The Morgan fingerprint density at radius 2 is 1.71 bits per heavy atom. The van der Waals surface area contributed by atoms with Gasteiger partial charge in [0.05, 0.1) is 4.91 Å². The molecule has 0 spiro atoms. The number of amides is 1. The minimum atomic E-state index is -0.166. The molecule has 5 rings (SSSR count). The molecule has 5 nitrogen and oxygen atoms in total. The molecule has 1 aliphatic heterocycles. The molecular formula is C22H15N3O2S. The van der Waals surface area contributed by atoms with Gasteiger partial charge in [0, 0.05) is 6.07 Å². The molecule has 0 radical (unpaired) electrons. The van der Waals surface area contributed by atoms with Crippen LogP contribution in [0.3, 0.4) is 0 Å². The number of nitrogens with zero attached hydrogens (tertiary/aromatic N) is 2. The van der Waals surface area contributed by atoms with Gasteiger partial charge in [-0.15, -0.1) is 0 Å². The quantitative estimate of drug-likeness (QED) is 0.381. The van der Waals surface area contributed by atoms with E-state index >= 15 is 0 Å². The third kappa shape index (κ3) is 2.97. The van der Waals surface area contributed by atoms with E-state index in [9.17, 15) is 4.79 Å². The van der Waals surface area contributed by atoms with Crippen LogP contribution in [-0.4, -0.2) is 16.2 Å². The lowest BCUT2D eigenvalue weighted by atomic mass is 9.96. The molecule has 0 unspecified atom stereocenters. The number of aliphatic imine (C=N–C) groups is 1. The second-order valence-corrected chi connectivity index (χ2v) is 7.54. The lowest BCUT2D eigenvalue weighted by molar-refractivity contribution is -0.115. The number of carbonyl (C=O) groups is 1. The molecule has 0 aliphatic carbocycles. The summed E-state index contributed by atoms with van der Waals surface area (Å²) in [6.07, 6.45) is 1.95. The first-order valence-electron chi connectivity index (χ1n) is 8.81. The SMILES string of the molecule is Cc1cc(N=C2NC(=O)C(=Cc3c4ccccc4cc4ccccc34)S2)no1. The van der Waals surface area contributed by atoms with E-state index in [1.807, 2.05) is 30.3 Å². The summed E-state index contributed by atoms with van der Waals surface area (Å²) in [6, 6.07) is 20.3. The van der Waals surface area contributed by atoms with Crippen molar-refractivity contribution < 1.29 is 9.32 Å². The number of aromatic nitrogens is 1. The molecule has 136 valence electrons. The normalized spacial score (nSPS) is 17.1. The number of amidine groups is 1. The number of hydrogen-bond acceptors (Lipinski definition) is 5. The van der Waals surface area contributed by atoms with Gasteiger partial charge in [-0.1, -0.05) is 53.7 Å². The van der Waals surface area contributed by atoms with Gasteiger partial charge in [-0.25, -0.2) is 4.99 Å². The van der Waals surface area contributed by atoms with Crippen LogP contribution >= 0.6 is 11.8 Å². The first-order valence-corrected chi connectivity index (χ1v) is 9.62. The Bertz CT molecular complexity index is 1250. The molecule has 0 atom stereocenters. The highest BCUT2D eigenvalue weighted by Gasteiger charge is 2.25. The second-order valence-electron chi connectivity index (χ2n) is 6.51. The van der Waals surface area contributed by atoms with E-state index < -0.39 is 0 Å². The fourth-order valence-corrected chi connectivity index (χ4v) is 4.14. The van der Waals surface area contributed by atoms with Gasteiger partial charge in [0.2, 0.25) is 0 Å². The maximum atomic E-state index is 12.5. The zero-order valence-electron chi connectivity index (χ0n) is 15.0. The highest BCUT2D eigenvalue weighted by molar-refractivity contribution is 8.18. The average Bonchev–Trinajstić information content (AvgIpc) is 3.26. The van der Waals surface area contributed by atoms with Crippen LogP contribution in [0.5, 0.6) is 0 Å². The van der Waals surface area contributed by atoms with Crippen molar-refractivity contribution in [3.8, 4) is 0 Å². The molecule has 1 aliphatic rings. The summed E-state index contributed by atoms with van der Waals surface area (Å²) in [5, 5.41) is 11.7. The largest absolute Gasteiger partial charge is 0.359 e. The number of benzene rings is 3. The van der Waals surface area contributed by atoms with E-state index in [1.54, 1.807) is 13.0 Å². The van der Waals surface area contributed by atoms with Crippen molar-refractivity contribution in [3.63, 3.8) is 0 Å². The topological polar surface area (TPSA) is 67.5 Å². The van der Waals surface area contributed by atoms with Gasteiger partial charge in [0.15, 0.2) is 11.0 Å². The molecule has 0 saturated carbocycles. The van der Waals surface area contributed by atoms with Crippen molar-refractivity contribution in [3.05, 3.63) is 76.9 Å². The summed E-state index contributed by atoms with van der Waals surface area (Å²) in [5.41, 5.74) is 1.03. The minimum absolute atomic E-state index is 0.166. The predicted octanol–water partition coefficient (Wildman–Crippen LogP) is 5.18. The molecule has 1 N–H and O–H groups in total. The minimum Gasteiger partial charge on any atom is -0.359 e. The van der Waals surface area contributed by atoms with Crippen molar-refractivity contribution in [1.29, 1.82) is 0 Å². The van der Waals surface area contributed by atoms with E-state index in [0.717, 1.165) is 27.1 Å². The van der Waals surface area contributed by atoms with Crippen LogP contribution in [0.4, 0.5) is 5.82 Å². The molecule has 1 saturated heterocycles. The second kappa shape index (κ2) is 6.65. The molecule has 1 aromatic heterocycles. The van der Waals surface area contributed by atoms with E-state index in [-0.39, 0.29) is 5.91 Å². The van der Waals surface area contributed by atoms with E-state index in [1.165, 1.54) is 11.8 Å². The smallest absolute Gasteiger partial charge is 0.264 e. The van der Waals surface area contributed by atoms with Gasteiger partial charge in [0.1, 0.15) is 5.76 Å². The van der Waals surface area contributed by atoms with Gasteiger partial charge < -0.3 is 9.84 Å². The molecule has 28 heavy (non-hydrogen) atoms. The monoisotopic (exact) mass is 385 g/mol. The Morgan fingerprint density at radius 1 is 1.04 bits per heavy atom. The summed E-state index contributed by atoms with van der Waals surface area (Å²) in [7, 11) is 0. The Hall–Kier alpha value is -3.38. The van der Waals surface area contributed by atoms with E-state index in [0.29, 0.717) is 21.7 Å². The Labute approximate surface area is 165 Å². The number of thioether (sulfide) groups is 1. The Kier molecular flexibility index (Phi) is 3.98. The van der Waals surface area contributed by atoms with Crippen LogP contribution < -0.4 is 5.32 Å². The number of aryl methyl sites for hydroxylation is 1. The molecule has 6 heteroatoms. The number of fused-ring (bicyclic) bond motifs is 2. The average molecular weight is 385 g/mol. The number of carbonyl (C=O) groups excluding carboxylic acids is 1. The number of nitrogens with one attached hydrogen (secondary N) is 1. The third-order valence-electron chi connectivity index (χ3n) is 4.57. The fourth-order valence-electron chi connectivity index (χ4n) is 3.33. The summed E-state index contributed by atoms with van der Waals surface area (Å²) >= 11 is 1.30. The van der Waals surface area contributed by atoms with Crippen molar-refractivity contribution in [1.82, 2.24) is 10.5 Å². The van der Waals surface area contributed by atoms with E-state index in [2.05, 4.69) is 45.8 Å². The van der Waals surface area contributed by atoms with Crippen molar-refractivity contribution >= 4 is 56.3 Å². The van der Waals surface area contributed by atoms with Crippen LogP contribution in [0, 0.1) is 6.92 Å². The van der Waals surface area contributed by atoms with Gasteiger partial charge in [-0.2, -0.15) is 0 Å². The van der Waals surface area contributed by atoms with Crippen LogP contribution in [0.2, 0.25) is 0 Å². The summed E-state index contributed by atoms with van der Waals surface area (Å²) in [6.45, 7) is 1.80. The number of rotatable bonds is 2. The van der Waals surface area contributed by atoms with Crippen LogP contribution in [0.1, 0.15) is 11.3 Å². The van der Waals surface area contributed by atoms with Gasteiger partial charge in [0.25, 0.3) is 5.91 Å². The highest BCUT2D eigenvalue weighted by Crippen LogP contribution is 2.34. The lowest BCUT2D eigenvalue weighted by Crippen LogP contribution is -2.19. The first-order chi connectivity index (χ1) is 13.7. The van der Waals surface area contributed by atoms with Crippen molar-refractivity contribution in [2.24, 2.45) is 4.99 Å². The zero-order valence-corrected chi connectivity index (χ0v) is 15.8. The standard InChI is InChI=1S/C22H15N3O2S/c1-13-10-20(25-27-13)23-22-24-21(26)19(28-22)12-18-16-8-4-2-6-14(16)11-15-7-3-5-9-17(15)18/h2-12H,1H3,(H,23,24,25,26). The van der Waals surface area contributed by atoms with Crippen LogP contribution in [0.15, 0.2) is 75.1 Å². The highest BCUT2D eigenvalue weighted by atomic mass is 32.2. The van der Waals surface area contributed by atoms with Crippen molar-refractivity contribution in [2.75, 3.05) is 0 Å². The Balaban J connectivity index is 1.63. The van der Waals surface area contributed by atoms with Gasteiger partial charge in [-0.05, 0) is 57.9 Å². The first kappa shape index (κ1) is 16.8. The summed E-state index contributed by atoms with van der Waals surface area (Å²) in [4.78, 5) is 17.5. The molecule has 4 aromatic rings. The lowest BCUT2D eigenvalue weighted by Gasteiger charge is -2.08. The van der Waals surface area contributed by atoms with Crippen molar-refractivity contribution in [2.45, 2.75) is 6.92 Å². The van der Waals surface area contributed by atoms with Crippen LogP contribution in [-0.2, 0) is 4.79 Å². The summed E-state index contributed by atoms with van der Waals surface area (Å²) in [5.74, 6) is 0.949. The van der Waals surface area contributed by atoms with Gasteiger partial charge in [-0.3, -0.25) is 4.79 Å². The van der Waals surface area contributed by atoms with Gasteiger partial charge >= 0.3 is 0 Å². The Morgan fingerprint density at radius 3 is 2.36 bits per heavy atom. The van der Waals surface area contributed by atoms with E-state index in [4.69, 9.17) is 4.52 Å². The molecular weight excluding hydrogens is 370 g/mol.